The van der Waals surface area contributed by atoms with Crippen LogP contribution in [0.15, 0.2) is 23.6 Å². The van der Waals surface area contributed by atoms with Crippen LogP contribution in [0.1, 0.15) is 26.4 Å². The molecule has 1 aromatic heterocycles. The molecule has 0 aliphatic heterocycles. The Kier molecular flexibility index (Phi) is 5.03. The van der Waals surface area contributed by atoms with Gasteiger partial charge in [-0.3, -0.25) is 4.79 Å². The maximum Gasteiger partial charge on any atom is 0.267 e. The minimum atomic E-state index is -0.228. The topological polar surface area (TPSA) is 49.3 Å². The van der Waals surface area contributed by atoms with Crippen LogP contribution in [0.25, 0.3) is 0 Å². The van der Waals surface area contributed by atoms with E-state index in [0.29, 0.717) is 15.6 Å². The zero-order valence-corrected chi connectivity index (χ0v) is 13.2. The summed E-state index contributed by atoms with van der Waals surface area (Å²) >= 11 is 7.43. The molecule has 5 heteroatoms. The summed E-state index contributed by atoms with van der Waals surface area (Å²) < 4.78 is 0. The Morgan fingerprint density at radius 1 is 1.38 bits per heavy atom. The van der Waals surface area contributed by atoms with Gasteiger partial charge in [0.2, 0.25) is 0 Å². The minimum Gasteiger partial charge on any atom is -0.384 e. The molecule has 0 spiro atoms. The maximum absolute atomic E-state index is 12.3. The summed E-state index contributed by atoms with van der Waals surface area (Å²) in [5.74, 6) is 5.17. The second kappa shape index (κ2) is 6.77. The van der Waals surface area contributed by atoms with Crippen LogP contribution in [0, 0.1) is 25.7 Å². The molecule has 1 amide bonds. The Morgan fingerprint density at radius 2 is 2.14 bits per heavy atom. The Hall–Kier alpha value is -1.80. The van der Waals surface area contributed by atoms with Crippen LogP contribution in [-0.2, 0) is 0 Å². The standard InChI is InChI=1S/C16H14ClNO2S/c1-10-5-6-12(4-3-7-19)8-13(10)18-16(20)15-14(17)11(2)9-21-15/h5-6,8-9,19H,7H2,1-2H3,(H,18,20). The van der Waals surface area contributed by atoms with Crippen molar-refractivity contribution in [2.24, 2.45) is 0 Å². The highest BCUT2D eigenvalue weighted by atomic mass is 35.5. The van der Waals surface area contributed by atoms with Gasteiger partial charge in [0.05, 0.1) is 5.02 Å². The smallest absolute Gasteiger partial charge is 0.267 e. The molecule has 108 valence electrons. The van der Waals surface area contributed by atoms with Crippen molar-refractivity contribution in [3.8, 4) is 11.8 Å². The number of hydrogen-bond acceptors (Lipinski definition) is 3. The van der Waals surface area contributed by atoms with Crippen molar-refractivity contribution in [2.75, 3.05) is 11.9 Å². The van der Waals surface area contributed by atoms with Crippen molar-refractivity contribution in [1.29, 1.82) is 0 Å². The summed E-state index contributed by atoms with van der Waals surface area (Å²) in [5.41, 5.74) is 3.25. The molecule has 0 fully saturated rings. The number of rotatable bonds is 2. The number of benzene rings is 1. The van der Waals surface area contributed by atoms with Crippen LogP contribution in [0.4, 0.5) is 5.69 Å². The van der Waals surface area contributed by atoms with Gasteiger partial charge in [0.25, 0.3) is 5.91 Å². The van der Waals surface area contributed by atoms with E-state index in [4.69, 9.17) is 16.7 Å². The van der Waals surface area contributed by atoms with Gasteiger partial charge in [0, 0.05) is 11.3 Å². The van der Waals surface area contributed by atoms with E-state index < -0.39 is 0 Å². The van der Waals surface area contributed by atoms with Gasteiger partial charge in [-0.2, -0.15) is 0 Å². The summed E-state index contributed by atoms with van der Waals surface area (Å²) in [6.07, 6.45) is 0. The van der Waals surface area contributed by atoms with E-state index in [2.05, 4.69) is 17.2 Å². The first kappa shape index (κ1) is 15.6. The Labute approximate surface area is 132 Å². The van der Waals surface area contributed by atoms with Gasteiger partial charge in [0.15, 0.2) is 0 Å². The van der Waals surface area contributed by atoms with Crippen LogP contribution < -0.4 is 5.32 Å². The normalized spacial score (nSPS) is 9.90. The van der Waals surface area contributed by atoms with Crippen molar-refractivity contribution >= 4 is 34.5 Å². The highest BCUT2D eigenvalue weighted by Gasteiger charge is 2.15. The van der Waals surface area contributed by atoms with Crippen LogP contribution in [0.3, 0.4) is 0 Å². The number of aliphatic hydroxyl groups excluding tert-OH is 1. The summed E-state index contributed by atoms with van der Waals surface area (Å²) in [5, 5.41) is 13.9. The van der Waals surface area contributed by atoms with E-state index >= 15 is 0 Å². The molecule has 0 unspecified atom stereocenters. The molecule has 0 saturated carbocycles. The van der Waals surface area contributed by atoms with Gasteiger partial charge in [-0.25, -0.2) is 0 Å². The highest BCUT2D eigenvalue weighted by Crippen LogP contribution is 2.28. The number of halogens is 1. The van der Waals surface area contributed by atoms with Crippen molar-refractivity contribution in [2.45, 2.75) is 13.8 Å². The number of aryl methyl sites for hydroxylation is 2. The molecule has 0 radical (unpaired) electrons. The number of aliphatic hydroxyl groups is 1. The maximum atomic E-state index is 12.3. The fourth-order valence-electron chi connectivity index (χ4n) is 1.74. The zero-order chi connectivity index (χ0) is 15.4. The first-order chi connectivity index (χ1) is 10.0. The fourth-order valence-corrected chi connectivity index (χ4v) is 2.91. The lowest BCUT2D eigenvalue weighted by molar-refractivity contribution is 0.103. The number of amides is 1. The summed E-state index contributed by atoms with van der Waals surface area (Å²) in [6, 6.07) is 5.50. The number of thiophene rings is 1. The lowest BCUT2D eigenvalue weighted by atomic mass is 10.1. The number of nitrogens with one attached hydrogen (secondary N) is 1. The monoisotopic (exact) mass is 319 g/mol. The molecule has 2 aromatic rings. The number of hydrogen-bond donors (Lipinski definition) is 2. The second-order valence-electron chi connectivity index (χ2n) is 4.51. The predicted octanol–water partition coefficient (Wildman–Crippen LogP) is 3.61. The molecule has 0 bridgehead atoms. The number of carbonyl (C=O) groups is 1. The van der Waals surface area contributed by atoms with Gasteiger partial charge >= 0.3 is 0 Å². The third-order valence-electron chi connectivity index (χ3n) is 2.90. The van der Waals surface area contributed by atoms with E-state index in [0.717, 1.165) is 16.7 Å². The van der Waals surface area contributed by atoms with E-state index in [1.54, 1.807) is 6.07 Å². The van der Waals surface area contributed by atoms with Crippen molar-refractivity contribution < 1.29 is 9.90 Å². The lowest BCUT2D eigenvalue weighted by Gasteiger charge is -2.08. The molecule has 2 rings (SSSR count). The van der Waals surface area contributed by atoms with Gasteiger partial charge in [-0.1, -0.05) is 29.5 Å². The third kappa shape index (κ3) is 3.64. The molecular formula is C16H14ClNO2S. The van der Waals surface area contributed by atoms with Crippen molar-refractivity contribution in [3.63, 3.8) is 0 Å². The molecule has 0 aliphatic rings. The quantitative estimate of drug-likeness (QED) is 0.831. The van der Waals surface area contributed by atoms with Crippen molar-refractivity contribution in [3.05, 3.63) is 50.2 Å². The predicted molar refractivity (Wildman–Crippen MR) is 87.2 cm³/mol. The molecular weight excluding hydrogens is 306 g/mol. The molecule has 2 N–H and O–H groups in total. The van der Waals surface area contributed by atoms with Crippen molar-refractivity contribution in [1.82, 2.24) is 0 Å². The van der Waals surface area contributed by atoms with E-state index in [1.807, 2.05) is 31.4 Å². The zero-order valence-electron chi connectivity index (χ0n) is 11.7. The molecule has 0 saturated heterocycles. The molecule has 3 nitrogen and oxygen atoms in total. The molecule has 0 atom stereocenters. The van der Waals surface area contributed by atoms with Crippen LogP contribution in [-0.4, -0.2) is 17.6 Å². The minimum absolute atomic E-state index is 0.195. The first-order valence-corrected chi connectivity index (χ1v) is 7.54. The van der Waals surface area contributed by atoms with Crippen LogP contribution in [0.5, 0.6) is 0 Å². The average Bonchev–Trinajstić information content (AvgIpc) is 2.80. The Morgan fingerprint density at radius 3 is 2.76 bits per heavy atom. The van der Waals surface area contributed by atoms with Gasteiger partial charge in [-0.05, 0) is 42.5 Å². The van der Waals surface area contributed by atoms with E-state index in [1.165, 1.54) is 11.3 Å². The highest BCUT2D eigenvalue weighted by molar-refractivity contribution is 7.13. The van der Waals surface area contributed by atoms with Gasteiger partial charge in [-0.15, -0.1) is 11.3 Å². The van der Waals surface area contributed by atoms with Crippen LogP contribution in [0.2, 0.25) is 5.02 Å². The molecule has 0 aliphatic carbocycles. The van der Waals surface area contributed by atoms with Gasteiger partial charge in [0.1, 0.15) is 11.5 Å². The number of carbonyl (C=O) groups excluding carboxylic acids is 1. The Bertz CT molecular complexity index is 740. The number of anilines is 1. The van der Waals surface area contributed by atoms with Crippen LogP contribution >= 0.6 is 22.9 Å². The molecule has 1 aromatic carbocycles. The molecule has 1 heterocycles. The summed E-state index contributed by atoms with van der Waals surface area (Å²) in [6.45, 7) is 3.58. The lowest BCUT2D eigenvalue weighted by Crippen LogP contribution is -2.12. The second-order valence-corrected chi connectivity index (χ2v) is 5.76. The van der Waals surface area contributed by atoms with E-state index in [-0.39, 0.29) is 12.5 Å². The summed E-state index contributed by atoms with van der Waals surface area (Å²) in [4.78, 5) is 12.8. The first-order valence-electron chi connectivity index (χ1n) is 6.28. The fraction of sp³-hybridized carbons (Fsp3) is 0.188. The van der Waals surface area contributed by atoms with Gasteiger partial charge < -0.3 is 10.4 Å². The molecule has 21 heavy (non-hydrogen) atoms. The Balaban J connectivity index is 2.26. The average molecular weight is 320 g/mol. The summed E-state index contributed by atoms with van der Waals surface area (Å²) in [7, 11) is 0. The third-order valence-corrected chi connectivity index (χ3v) is 4.60. The van der Waals surface area contributed by atoms with E-state index in [9.17, 15) is 4.79 Å². The largest absolute Gasteiger partial charge is 0.384 e. The SMILES string of the molecule is Cc1ccc(C#CCO)cc1NC(=O)c1scc(C)c1Cl.